The number of piperidine rings is 1. The molecule has 1 saturated heterocycles. The lowest BCUT2D eigenvalue weighted by Gasteiger charge is -2.25. The lowest BCUT2D eigenvalue weighted by Crippen LogP contribution is -2.30. The van der Waals surface area contributed by atoms with Crippen LogP contribution in [-0.2, 0) is 0 Å². The number of nitrogens with zero attached hydrogens (tertiary/aromatic N) is 3. The molecule has 1 amide bonds. The maximum Gasteiger partial charge on any atom is 0.272 e. The molecule has 2 fully saturated rings. The Bertz CT molecular complexity index is 1360. The fourth-order valence-electron chi connectivity index (χ4n) is 4.85. The van der Waals surface area contributed by atoms with E-state index < -0.39 is 11.9 Å². The number of phenolic OH excluding ortho intramolecular Hbond substituents is 1. The first-order valence-electron chi connectivity index (χ1n) is 12.9. The van der Waals surface area contributed by atoms with Crippen molar-refractivity contribution >= 4 is 5.91 Å². The summed E-state index contributed by atoms with van der Waals surface area (Å²) in [5.41, 5.74) is 3.94. The van der Waals surface area contributed by atoms with Crippen molar-refractivity contribution in [1.29, 1.82) is 0 Å². The molecule has 6 nitrogen and oxygen atoms in total. The minimum absolute atomic E-state index is 0.0859. The molecule has 5 rings (SSSR count). The highest BCUT2D eigenvalue weighted by Gasteiger charge is 2.31. The summed E-state index contributed by atoms with van der Waals surface area (Å²) in [5.74, 6) is 6.20. The van der Waals surface area contributed by atoms with E-state index in [4.69, 9.17) is 5.10 Å². The third-order valence-electron chi connectivity index (χ3n) is 7.36. The molecule has 1 aliphatic heterocycles. The third-order valence-corrected chi connectivity index (χ3v) is 7.36. The predicted molar refractivity (Wildman–Crippen MR) is 141 cm³/mol. The van der Waals surface area contributed by atoms with Crippen LogP contribution < -0.4 is 5.32 Å². The van der Waals surface area contributed by atoms with Gasteiger partial charge in [-0.05, 0) is 89.4 Å². The third kappa shape index (κ3) is 5.55. The number of benzene rings is 2. The van der Waals surface area contributed by atoms with Gasteiger partial charge in [-0.2, -0.15) is 5.10 Å². The van der Waals surface area contributed by atoms with Crippen LogP contribution in [0.3, 0.4) is 0 Å². The second kappa shape index (κ2) is 10.4. The molecular weight excluding hydrogens is 467 g/mol. The number of rotatable bonds is 5. The second-order valence-electron chi connectivity index (χ2n) is 10.4. The van der Waals surface area contributed by atoms with Crippen LogP contribution in [0.1, 0.15) is 76.2 Å². The lowest BCUT2D eigenvalue weighted by molar-refractivity contribution is 0.0936. The van der Waals surface area contributed by atoms with Crippen LogP contribution in [0, 0.1) is 37.4 Å². The molecule has 2 aliphatic rings. The number of aromatic nitrogens is 2. The van der Waals surface area contributed by atoms with Crippen LogP contribution in [0.25, 0.3) is 0 Å². The van der Waals surface area contributed by atoms with Crippen LogP contribution in [0.2, 0.25) is 0 Å². The maximum atomic E-state index is 14.2. The normalized spacial score (nSPS) is 17.2. The molecule has 37 heavy (non-hydrogen) atoms. The second-order valence-corrected chi connectivity index (χ2v) is 10.4. The first-order chi connectivity index (χ1) is 17.8. The fraction of sp³-hybridized carbons (Fsp3) is 0.400. The Hall–Kier alpha value is -3.63. The van der Waals surface area contributed by atoms with E-state index in [1.807, 2.05) is 42.8 Å². The van der Waals surface area contributed by atoms with E-state index in [-0.39, 0.29) is 17.7 Å². The van der Waals surface area contributed by atoms with E-state index in [1.165, 1.54) is 18.2 Å². The first-order valence-corrected chi connectivity index (χ1v) is 12.9. The van der Waals surface area contributed by atoms with Crippen LogP contribution >= 0.6 is 0 Å². The van der Waals surface area contributed by atoms with Crippen LogP contribution in [0.4, 0.5) is 4.39 Å². The van der Waals surface area contributed by atoms with Gasteiger partial charge in [-0.25, -0.2) is 4.39 Å². The van der Waals surface area contributed by atoms with Gasteiger partial charge < -0.3 is 15.3 Å². The van der Waals surface area contributed by atoms with E-state index in [9.17, 15) is 14.3 Å². The molecule has 1 unspecified atom stereocenters. The smallest absolute Gasteiger partial charge is 0.272 e. The largest absolute Gasteiger partial charge is 0.508 e. The molecule has 0 spiro atoms. The van der Waals surface area contributed by atoms with Crippen molar-refractivity contribution in [1.82, 2.24) is 20.0 Å². The summed E-state index contributed by atoms with van der Waals surface area (Å²) in [5, 5.41) is 18.2. The number of phenols is 1. The van der Waals surface area contributed by atoms with Gasteiger partial charge in [0.25, 0.3) is 5.91 Å². The topological polar surface area (TPSA) is 70.4 Å². The van der Waals surface area contributed by atoms with E-state index in [1.54, 1.807) is 0 Å². The summed E-state index contributed by atoms with van der Waals surface area (Å²) in [6.45, 7) is 5.95. The van der Waals surface area contributed by atoms with Crippen LogP contribution in [0.5, 0.6) is 5.75 Å². The van der Waals surface area contributed by atoms with Gasteiger partial charge >= 0.3 is 0 Å². The molecule has 2 N–H and O–H groups in total. The van der Waals surface area contributed by atoms with Crippen LogP contribution in [-0.4, -0.2) is 45.8 Å². The molecule has 1 saturated carbocycles. The quantitative estimate of drug-likeness (QED) is 0.490. The fourth-order valence-corrected chi connectivity index (χ4v) is 4.85. The molecule has 192 valence electrons. The summed E-state index contributed by atoms with van der Waals surface area (Å²) in [4.78, 5) is 15.9. The zero-order valence-corrected chi connectivity index (χ0v) is 21.6. The van der Waals surface area contributed by atoms with Gasteiger partial charge in [0.2, 0.25) is 0 Å². The molecule has 2 heterocycles. The van der Waals surface area contributed by atoms with Crippen molar-refractivity contribution in [2.45, 2.75) is 51.6 Å². The number of carbonyl (C=O) groups excluding carboxylic acids is 1. The number of amides is 1. The Kier molecular flexibility index (Phi) is 7.03. The lowest BCUT2D eigenvalue weighted by atomic mass is 9.96. The number of halogens is 1. The zero-order valence-electron chi connectivity index (χ0n) is 21.6. The van der Waals surface area contributed by atoms with Gasteiger partial charge in [-0.15, -0.1) is 0 Å². The minimum atomic E-state index is -0.747. The van der Waals surface area contributed by atoms with Gasteiger partial charge in [-0.1, -0.05) is 35.7 Å². The first kappa shape index (κ1) is 25.0. The van der Waals surface area contributed by atoms with E-state index >= 15 is 0 Å². The molecule has 7 heteroatoms. The van der Waals surface area contributed by atoms with Crippen molar-refractivity contribution in [3.05, 3.63) is 81.9 Å². The SMILES string of the molecule is Cc1ccc(C(NC(=O)c2nn(C3CC3)c(C#CC3CCN(C)CC3)c2C)c2cc(F)ccc2O)cc1. The Morgan fingerprint density at radius 1 is 1.11 bits per heavy atom. The summed E-state index contributed by atoms with van der Waals surface area (Å²) in [6, 6.07) is 10.9. The molecule has 1 atom stereocenters. The number of likely N-dealkylation sites (tertiary alicyclic amines) is 1. The van der Waals surface area contributed by atoms with E-state index in [2.05, 4.69) is 29.1 Å². The Morgan fingerprint density at radius 3 is 2.49 bits per heavy atom. The average Bonchev–Trinajstić information content (AvgIpc) is 3.67. The highest BCUT2D eigenvalue weighted by molar-refractivity contribution is 5.94. The molecule has 0 radical (unpaired) electrons. The number of hydrogen-bond donors (Lipinski definition) is 2. The number of hydrogen-bond acceptors (Lipinski definition) is 4. The van der Waals surface area contributed by atoms with Gasteiger partial charge in [-0.3, -0.25) is 9.48 Å². The molecule has 3 aromatic rings. The van der Waals surface area contributed by atoms with Gasteiger partial charge in [0.05, 0.1) is 12.1 Å². The van der Waals surface area contributed by atoms with Crippen molar-refractivity contribution in [3.63, 3.8) is 0 Å². The van der Waals surface area contributed by atoms with E-state index in [0.29, 0.717) is 17.2 Å². The summed E-state index contributed by atoms with van der Waals surface area (Å²) in [7, 11) is 2.13. The van der Waals surface area contributed by atoms with Crippen molar-refractivity contribution in [3.8, 4) is 17.6 Å². The molecular formula is C30H33FN4O2. The number of aryl methyl sites for hydroxylation is 1. The molecule has 1 aliphatic carbocycles. The summed E-state index contributed by atoms with van der Waals surface area (Å²) in [6.07, 6.45) is 4.13. The predicted octanol–water partition coefficient (Wildman–Crippen LogP) is 4.89. The minimum Gasteiger partial charge on any atom is -0.508 e. The summed E-state index contributed by atoms with van der Waals surface area (Å²) < 4.78 is 16.1. The molecule has 0 bridgehead atoms. The van der Waals surface area contributed by atoms with E-state index in [0.717, 1.165) is 61.2 Å². The molecule has 1 aromatic heterocycles. The number of carbonyl (C=O) groups is 1. The van der Waals surface area contributed by atoms with Crippen molar-refractivity contribution in [2.75, 3.05) is 20.1 Å². The highest BCUT2D eigenvalue weighted by atomic mass is 19.1. The van der Waals surface area contributed by atoms with Gasteiger partial charge in [0.1, 0.15) is 17.3 Å². The Balaban J connectivity index is 1.47. The number of nitrogens with one attached hydrogen (secondary N) is 1. The Morgan fingerprint density at radius 2 is 1.81 bits per heavy atom. The van der Waals surface area contributed by atoms with Gasteiger partial charge in [0, 0.05) is 17.0 Å². The van der Waals surface area contributed by atoms with Crippen LogP contribution in [0.15, 0.2) is 42.5 Å². The maximum absolute atomic E-state index is 14.2. The van der Waals surface area contributed by atoms with Crippen molar-refractivity contribution in [2.24, 2.45) is 5.92 Å². The van der Waals surface area contributed by atoms with Gasteiger partial charge in [0.15, 0.2) is 5.69 Å². The summed E-state index contributed by atoms with van der Waals surface area (Å²) >= 11 is 0. The Labute approximate surface area is 217 Å². The average molecular weight is 501 g/mol. The monoisotopic (exact) mass is 500 g/mol. The highest BCUT2D eigenvalue weighted by Crippen LogP contribution is 2.37. The van der Waals surface area contributed by atoms with Crippen molar-refractivity contribution < 1.29 is 14.3 Å². The molecule has 2 aromatic carbocycles. The zero-order chi connectivity index (χ0) is 26.1. The standard InChI is InChI=1S/C30H33FN4O2/c1-19-4-7-22(8-5-19)29(25-18-23(31)9-13-27(25)36)32-30(37)28-20(2)26(35(33-28)24-10-11-24)12-6-21-14-16-34(3)17-15-21/h4-5,7-9,13,18,21,24,29,36H,10-11,14-17H2,1-3H3,(H,32,37). The number of aromatic hydroxyl groups is 1.